The molecular weight excluding hydrogens is 236 g/mol. The Morgan fingerprint density at radius 1 is 0.947 bits per heavy atom. The smallest absolute Gasteiger partial charge is 0.0839 e. The summed E-state index contributed by atoms with van der Waals surface area (Å²) < 4.78 is 5.76. The topological polar surface area (TPSA) is 47.3 Å². The lowest BCUT2D eigenvalue weighted by atomic mass is 9.85. The van der Waals surface area contributed by atoms with Crippen LogP contribution in [0, 0.1) is 0 Å². The van der Waals surface area contributed by atoms with Crippen molar-refractivity contribution in [2.24, 2.45) is 5.84 Å². The maximum absolute atomic E-state index is 5.76. The molecule has 0 spiro atoms. The van der Waals surface area contributed by atoms with E-state index in [-0.39, 0.29) is 11.6 Å². The van der Waals surface area contributed by atoms with Crippen molar-refractivity contribution in [1.29, 1.82) is 0 Å². The van der Waals surface area contributed by atoms with Gasteiger partial charge in [0.1, 0.15) is 0 Å². The fourth-order valence-corrected chi connectivity index (χ4v) is 2.98. The molecule has 1 atom stereocenters. The summed E-state index contributed by atoms with van der Waals surface area (Å²) in [5.74, 6) is 5.74. The van der Waals surface area contributed by atoms with Gasteiger partial charge >= 0.3 is 0 Å². The van der Waals surface area contributed by atoms with Crippen LogP contribution in [0.1, 0.15) is 85.0 Å². The van der Waals surface area contributed by atoms with E-state index in [0.717, 1.165) is 19.3 Å². The van der Waals surface area contributed by atoms with Gasteiger partial charge in [0.2, 0.25) is 0 Å². The minimum Gasteiger partial charge on any atom is -0.377 e. The van der Waals surface area contributed by atoms with Gasteiger partial charge in [0.15, 0.2) is 0 Å². The molecule has 3 N–H and O–H groups in total. The van der Waals surface area contributed by atoms with Gasteiger partial charge in [0, 0.05) is 7.11 Å². The summed E-state index contributed by atoms with van der Waals surface area (Å²) in [6.45, 7) is 6.63. The van der Waals surface area contributed by atoms with Crippen molar-refractivity contribution < 1.29 is 4.74 Å². The Labute approximate surface area is 120 Å². The van der Waals surface area contributed by atoms with Crippen LogP contribution in [-0.4, -0.2) is 18.8 Å². The van der Waals surface area contributed by atoms with Crippen LogP contribution in [0.5, 0.6) is 0 Å². The number of nitrogens with one attached hydrogen (secondary N) is 1. The van der Waals surface area contributed by atoms with Gasteiger partial charge in [-0.2, -0.15) is 0 Å². The molecule has 116 valence electrons. The average Bonchev–Trinajstić information content (AvgIpc) is 2.46. The van der Waals surface area contributed by atoms with E-state index in [1.807, 2.05) is 7.11 Å². The molecule has 0 aromatic rings. The molecule has 0 aliphatic heterocycles. The third kappa shape index (κ3) is 6.73. The summed E-state index contributed by atoms with van der Waals surface area (Å²) in [5, 5.41) is 0. The second kappa shape index (κ2) is 11.7. The molecule has 0 radical (unpaired) electrons. The molecule has 0 aromatic heterocycles. The van der Waals surface area contributed by atoms with Crippen molar-refractivity contribution in [2.45, 2.75) is 96.6 Å². The van der Waals surface area contributed by atoms with Crippen molar-refractivity contribution in [3.05, 3.63) is 0 Å². The van der Waals surface area contributed by atoms with Gasteiger partial charge in [-0.3, -0.25) is 11.3 Å². The molecule has 1 unspecified atom stereocenters. The molecule has 0 heterocycles. The number of unbranched alkanes of at least 4 members (excludes halogenated alkanes) is 6. The quantitative estimate of drug-likeness (QED) is 0.300. The first kappa shape index (κ1) is 18.9. The first-order chi connectivity index (χ1) is 9.20. The van der Waals surface area contributed by atoms with E-state index in [1.165, 1.54) is 44.9 Å². The third-order valence-electron chi connectivity index (χ3n) is 4.54. The Morgan fingerprint density at radius 2 is 1.47 bits per heavy atom. The van der Waals surface area contributed by atoms with E-state index in [4.69, 9.17) is 10.6 Å². The minimum atomic E-state index is -0.100. The van der Waals surface area contributed by atoms with Gasteiger partial charge in [-0.15, -0.1) is 0 Å². The van der Waals surface area contributed by atoms with E-state index in [1.54, 1.807) is 0 Å². The van der Waals surface area contributed by atoms with E-state index in [2.05, 4.69) is 26.2 Å². The maximum Gasteiger partial charge on any atom is 0.0839 e. The lowest BCUT2D eigenvalue weighted by molar-refractivity contribution is -0.0500. The molecule has 0 saturated carbocycles. The van der Waals surface area contributed by atoms with Crippen molar-refractivity contribution in [2.75, 3.05) is 7.11 Å². The second-order valence-electron chi connectivity index (χ2n) is 5.61. The van der Waals surface area contributed by atoms with Crippen LogP contribution in [0.4, 0.5) is 0 Å². The Kier molecular flexibility index (Phi) is 11.6. The van der Waals surface area contributed by atoms with Gasteiger partial charge < -0.3 is 4.74 Å². The van der Waals surface area contributed by atoms with Crippen LogP contribution in [0.15, 0.2) is 0 Å². The number of hydrazine groups is 1. The highest BCUT2D eigenvalue weighted by Crippen LogP contribution is 2.27. The summed E-state index contributed by atoms with van der Waals surface area (Å²) >= 11 is 0. The second-order valence-corrected chi connectivity index (χ2v) is 5.61. The summed E-state index contributed by atoms with van der Waals surface area (Å²) in [4.78, 5) is 0. The number of methoxy groups -OCH3 is 1. The van der Waals surface area contributed by atoms with Crippen molar-refractivity contribution in [1.82, 2.24) is 5.43 Å². The number of rotatable bonds is 13. The molecule has 0 fully saturated rings. The molecule has 3 nitrogen and oxygen atoms in total. The molecule has 19 heavy (non-hydrogen) atoms. The van der Waals surface area contributed by atoms with E-state index in [0.29, 0.717) is 0 Å². The number of nitrogens with two attached hydrogens (primary N) is 1. The molecular formula is C16H36N2O. The molecule has 3 heteroatoms. The Balaban J connectivity index is 3.92. The summed E-state index contributed by atoms with van der Waals surface area (Å²) in [5.41, 5.74) is 2.88. The predicted octanol–water partition coefficient (Wildman–Crippen LogP) is 4.16. The Bertz CT molecular complexity index is 185. The van der Waals surface area contributed by atoms with Crippen LogP contribution in [0.25, 0.3) is 0 Å². The number of hydrogen-bond donors (Lipinski definition) is 2. The molecule has 0 saturated heterocycles. The number of ether oxygens (including phenoxy) is 1. The lowest BCUT2D eigenvalue weighted by Crippen LogP contribution is -2.54. The zero-order chi connectivity index (χ0) is 14.6. The minimum absolute atomic E-state index is 0.100. The summed E-state index contributed by atoms with van der Waals surface area (Å²) in [6, 6.07) is 0.267. The molecule has 0 bridgehead atoms. The zero-order valence-electron chi connectivity index (χ0n) is 13.6. The highest BCUT2D eigenvalue weighted by Gasteiger charge is 2.34. The van der Waals surface area contributed by atoms with Crippen LogP contribution in [0.2, 0.25) is 0 Å². The van der Waals surface area contributed by atoms with Crippen LogP contribution < -0.4 is 11.3 Å². The van der Waals surface area contributed by atoms with E-state index < -0.39 is 0 Å². The van der Waals surface area contributed by atoms with Gasteiger partial charge in [0.25, 0.3) is 0 Å². The van der Waals surface area contributed by atoms with E-state index in [9.17, 15) is 0 Å². The molecule has 0 aliphatic rings. The van der Waals surface area contributed by atoms with Gasteiger partial charge in [-0.05, 0) is 19.3 Å². The fraction of sp³-hybridized carbons (Fsp3) is 1.00. The van der Waals surface area contributed by atoms with Gasteiger partial charge in [-0.25, -0.2) is 0 Å². The first-order valence-corrected chi connectivity index (χ1v) is 8.22. The lowest BCUT2D eigenvalue weighted by Gasteiger charge is -2.38. The highest BCUT2D eigenvalue weighted by molar-refractivity contribution is 4.90. The van der Waals surface area contributed by atoms with Gasteiger partial charge in [0.05, 0.1) is 11.6 Å². The van der Waals surface area contributed by atoms with Crippen molar-refractivity contribution in [3.8, 4) is 0 Å². The summed E-state index contributed by atoms with van der Waals surface area (Å²) in [7, 11) is 1.81. The fourth-order valence-electron chi connectivity index (χ4n) is 2.98. The molecule has 0 amide bonds. The standard InChI is InChI=1S/C16H36N2O/c1-5-8-9-10-11-12-13-14-15(18-17)16(6-2,7-3)19-4/h15,18H,5-14,17H2,1-4H3. The average molecular weight is 272 g/mol. The molecule has 0 aliphatic carbocycles. The van der Waals surface area contributed by atoms with Crippen LogP contribution in [0.3, 0.4) is 0 Å². The van der Waals surface area contributed by atoms with Crippen LogP contribution >= 0.6 is 0 Å². The highest BCUT2D eigenvalue weighted by atomic mass is 16.5. The SMILES string of the molecule is CCCCCCCCCC(NN)C(CC)(CC)OC. The predicted molar refractivity (Wildman–Crippen MR) is 84.0 cm³/mol. The van der Waals surface area contributed by atoms with Crippen molar-refractivity contribution in [3.63, 3.8) is 0 Å². The summed E-state index contributed by atoms with van der Waals surface area (Å²) in [6.07, 6.45) is 12.5. The Hall–Kier alpha value is -0.120. The van der Waals surface area contributed by atoms with Gasteiger partial charge in [-0.1, -0.05) is 65.7 Å². The van der Waals surface area contributed by atoms with E-state index >= 15 is 0 Å². The molecule has 0 aromatic carbocycles. The monoisotopic (exact) mass is 272 g/mol. The molecule has 0 rings (SSSR count). The van der Waals surface area contributed by atoms with Crippen molar-refractivity contribution >= 4 is 0 Å². The normalized spacial score (nSPS) is 13.7. The largest absolute Gasteiger partial charge is 0.377 e. The maximum atomic E-state index is 5.76. The number of hydrogen-bond acceptors (Lipinski definition) is 3. The van der Waals surface area contributed by atoms with Crippen LogP contribution in [-0.2, 0) is 4.74 Å². The third-order valence-corrected chi connectivity index (χ3v) is 4.54. The zero-order valence-corrected chi connectivity index (χ0v) is 13.6. The first-order valence-electron chi connectivity index (χ1n) is 8.22. The Morgan fingerprint density at radius 3 is 1.89 bits per heavy atom.